The second-order valence-electron chi connectivity index (χ2n) is 3.79. The van der Waals surface area contributed by atoms with Crippen molar-refractivity contribution >= 4 is 17.5 Å². The zero-order chi connectivity index (χ0) is 14.6. The van der Waals surface area contributed by atoms with Gasteiger partial charge in [-0.1, -0.05) is 18.5 Å². The standard InChI is InChI=1S/C11H13ClF3N3O/c1-3-10(19)18(2)17-6-9-8(12)4-7(5-16-9)11(13,14)15/h4-5,17H,3,6H2,1-2H3. The molecule has 0 atom stereocenters. The number of halogens is 4. The van der Waals surface area contributed by atoms with E-state index in [9.17, 15) is 18.0 Å². The van der Waals surface area contributed by atoms with Crippen molar-refractivity contribution in [1.82, 2.24) is 15.4 Å². The van der Waals surface area contributed by atoms with E-state index in [0.717, 1.165) is 6.07 Å². The van der Waals surface area contributed by atoms with Crippen LogP contribution in [0.2, 0.25) is 5.02 Å². The molecule has 1 rings (SSSR count). The maximum atomic E-state index is 12.4. The summed E-state index contributed by atoms with van der Waals surface area (Å²) in [6, 6.07) is 0.813. The van der Waals surface area contributed by atoms with E-state index in [2.05, 4.69) is 10.4 Å². The topological polar surface area (TPSA) is 45.2 Å². The molecule has 0 fully saturated rings. The highest BCUT2D eigenvalue weighted by molar-refractivity contribution is 6.31. The number of nitrogens with one attached hydrogen (secondary N) is 1. The summed E-state index contributed by atoms with van der Waals surface area (Å²) in [4.78, 5) is 14.9. The Morgan fingerprint density at radius 2 is 2.16 bits per heavy atom. The fourth-order valence-corrected chi connectivity index (χ4v) is 1.50. The number of nitrogens with zero attached hydrogens (tertiary/aromatic N) is 2. The van der Waals surface area contributed by atoms with Gasteiger partial charge in [0.05, 0.1) is 22.8 Å². The van der Waals surface area contributed by atoms with E-state index >= 15 is 0 Å². The average molecular weight is 296 g/mol. The van der Waals surface area contributed by atoms with E-state index in [4.69, 9.17) is 11.6 Å². The molecule has 1 aromatic heterocycles. The van der Waals surface area contributed by atoms with Gasteiger partial charge < -0.3 is 0 Å². The summed E-state index contributed by atoms with van der Waals surface area (Å²) in [5.41, 5.74) is 2.04. The lowest BCUT2D eigenvalue weighted by Crippen LogP contribution is -2.38. The SMILES string of the molecule is CCC(=O)N(C)NCc1ncc(C(F)(F)F)cc1Cl. The van der Waals surface area contributed by atoms with Crippen molar-refractivity contribution in [3.8, 4) is 0 Å². The quantitative estimate of drug-likeness (QED) is 0.869. The van der Waals surface area contributed by atoms with Gasteiger partial charge in [-0.3, -0.25) is 14.8 Å². The molecule has 0 aliphatic rings. The summed E-state index contributed by atoms with van der Waals surface area (Å²) in [7, 11) is 1.52. The molecule has 8 heteroatoms. The first kappa shape index (κ1) is 15.7. The lowest BCUT2D eigenvalue weighted by Gasteiger charge is -2.18. The van der Waals surface area contributed by atoms with Gasteiger partial charge in [-0.2, -0.15) is 13.2 Å². The number of hydrazine groups is 1. The maximum absolute atomic E-state index is 12.4. The molecule has 0 spiro atoms. The predicted octanol–water partition coefficient (Wildman–Crippen LogP) is 2.63. The van der Waals surface area contributed by atoms with E-state index in [1.807, 2.05) is 0 Å². The average Bonchev–Trinajstić information content (AvgIpc) is 2.34. The maximum Gasteiger partial charge on any atom is 0.417 e. The molecule has 0 bridgehead atoms. The van der Waals surface area contributed by atoms with Crippen LogP contribution in [0.1, 0.15) is 24.6 Å². The van der Waals surface area contributed by atoms with E-state index in [1.54, 1.807) is 6.92 Å². The number of hydrogen-bond donors (Lipinski definition) is 1. The van der Waals surface area contributed by atoms with Gasteiger partial charge in [0.25, 0.3) is 0 Å². The lowest BCUT2D eigenvalue weighted by atomic mass is 10.2. The van der Waals surface area contributed by atoms with Crippen molar-refractivity contribution in [3.63, 3.8) is 0 Å². The van der Waals surface area contributed by atoms with Crippen molar-refractivity contribution in [2.24, 2.45) is 0 Å². The minimum atomic E-state index is -4.47. The Kier molecular flexibility index (Phi) is 5.13. The van der Waals surface area contributed by atoms with Crippen LogP contribution in [0.25, 0.3) is 0 Å². The molecule has 1 heterocycles. The van der Waals surface area contributed by atoms with Crippen molar-refractivity contribution in [3.05, 3.63) is 28.5 Å². The van der Waals surface area contributed by atoms with Gasteiger partial charge in [0, 0.05) is 19.7 Å². The molecule has 0 saturated heterocycles. The van der Waals surface area contributed by atoms with E-state index < -0.39 is 11.7 Å². The largest absolute Gasteiger partial charge is 0.417 e. The third-order valence-corrected chi connectivity index (χ3v) is 2.73. The molecule has 1 amide bonds. The Morgan fingerprint density at radius 1 is 1.53 bits per heavy atom. The minimum absolute atomic E-state index is 0.0687. The molecule has 0 radical (unpaired) electrons. The normalized spacial score (nSPS) is 11.5. The molecule has 4 nitrogen and oxygen atoms in total. The van der Waals surface area contributed by atoms with Gasteiger partial charge in [-0.15, -0.1) is 0 Å². The molecule has 0 saturated carbocycles. The van der Waals surface area contributed by atoms with Gasteiger partial charge in [0.2, 0.25) is 5.91 Å². The second-order valence-corrected chi connectivity index (χ2v) is 4.20. The highest BCUT2D eigenvalue weighted by atomic mass is 35.5. The summed E-state index contributed by atoms with van der Waals surface area (Å²) in [5, 5.41) is 1.15. The minimum Gasteiger partial charge on any atom is -0.281 e. The second kappa shape index (κ2) is 6.21. The molecule has 0 aromatic carbocycles. The molecular weight excluding hydrogens is 283 g/mol. The van der Waals surface area contributed by atoms with Crippen molar-refractivity contribution < 1.29 is 18.0 Å². The Balaban J connectivity index is 2.73. The zero-order valence-electron chi connectivity index (χ0n) is 10.4. The van der Waals surface area contributed by atoms with Gasteiger partial charge in [-0.05, 0) is 6.07 Å². The molecule has 1 N–H and O–H groups in total. The highest BCUT2D eigenvalue weighted by Gasteiger charge is 2.31. The Labute approximate surface area is 113 Å². The monoisotopic (exact) mass is 295 g/mol. The van der Waals surface area contributed by atoms with Gasteiger partial charge in [-0.25, -0.2) is 5.43 Å². The van der Waals surface area contributed by atoms with E-state index in [-0.39, 0.29) is 23.2 Å². The number of hydrogen-bond acceptors (Lipinski definition) is 3. The molecular formula is C11H13ClF3N3O. The first-order valence-electron chi connectivity index (χ1n) is 5.47. The number of alkyl halides is 3. The molecule has 1 aromatic rings. The number of pyridine rings is 1. The molecule has 106 valence electrons. The smallest absolute Gasteiger partial charge is 0.281 e. The number of rotatable bonds is 4. The fourth-order valence-electron chi connectivity index (χ4n) is 1.27. The van der Waals surface area contributed by atoms with Gasteiger partial charge in [0.15, 0.2) is 0 Å². The number of aromatic nitrogens is 1. The summed E-state index contributed by atoms with van der Waals surface area (Å²) in [6.45, 7) is 1.77. The number of amides is 1. The first-order valence-corrected chi connectivity index (χ1v) is 5.85. The summed E-state index contributed by atoms with van der Waals surface area (Å²) in [6.07, 6.45) is -3.44. The lowest BCUT2D eigenvalue weighted by molar-refractivity contribution is -0.137. The first-order chi connectivity index (χ1) is 8.75. The Hall–Kier alpha value is -1.34. The van der Waals surface area contributed by atoms with Crippen LogP contribution >= 0.6 is 11.6 Å². The van der Waals surface area contributed by atoms with Gasteiger partial charge >= 0.3 is 6.18 Å². The van der Waals surface area contributed by atoms with Gasteiger partial charge in [0.1, 0.15) is 0 Å². The summed E-state index contributed by atoms with van der Waals surface area (Å²) in [5.74, 6) is -0.150. The van der Waals surface area contributed by atoms with Crippen LogP contribution in [0.5, 0.6) is 0 Å². The van der Waals surface area contributed by atoms with Crippen LogP contribution in [-0.2, 0) is 17.5 Å². The van der Waals surface area contributed by atoms with Crippen molar-refractivity contribution in [1.29, 1.82) is 0 Å². The third-order valence-electron chi connectivity index (χ3n) is 2.40. The molecule has 0 aliphatic heterocycles. The van der Waals surface area contributed by atoms with Crippen LogP contribution in [0.15, 0.2) is 12.3 Å². The Bertz CT molecular complexity index is 465. The molecule has 19 heavy (non-hydrogen) atoms. The van der Waals surface area contributed by atoms with E-state index in [1.165, 1.54) is 12.1 Å². The van der Waals surface area contributed by atoms with Crippen LogP contribution in [0, 0.1) is 0 Å². The van der Waals surface area contributed by atoms with Crippen LogP contribution in [-0.4, -0.2) is 22.9 Å². The zero-order valence-corrected chi connectivity index (χ0v) is 11.1. The number of carbonyl (C=O) groups is 1. The molecule has 0 unspecified atom stereocenters. The fraction of sp³-hybridized carbons (Fsp3) is 0.455. The van der Waals surface area contributed by atoms with E-state index in [0.29, 0.717) is 12.6 Å². The predicted molar refractivity (Wildman–Crippen MR) is 64.1 cm³/mol. The molecule has 0 aliphatic carbocycles. The highest BCUT2D eigenvalue weighted by Crippen LogP contribution is 2.30. The van der Waals surface area contributed by atoms with Crippen molar-refractivity contribution in [2.45, 2.75) is 26.1 Å². The summed E-state index contributed by atoms with van der Waals surface area (Å²) >= 11 is 5.73. The van der Waals surface area contributed by atoms with Crippen LogP contribution in [0.4, 0.5) is 13.2 Å². The third kappa shape index (κ3) is 4.36. The van der Waals surface area contributed by atoms with Crippen LogP contribution < -0.4 is 5.43 Å². The number of carbonyl (C=O) groups excluding carboxylic acids is 1. The van der Waals surface area contributed by atoms with Crippen molar-refractivity contribution in [2.75, 3.05) is 7.05 Å². The summed E-state index contributed by atoms with van der Waals surface area (Å²) < 4.78 is 37.2. The Morgan fingerprint density at radius 3 is 2.63 bits per heavy atom. The van der Waals surface area contributed by atoms with Crippen LogP contribution in [0.3, 0.4) is 0 Å².